The van der Waals surface area contributed by atoms with E-state index in [1.807, 2.05) is 6.07 Å². The van der Waals surface area contributed by atoms with Gasteiger partial charge in [0.2, 0.25) is 0 Å². The second-order valence-electron chi connectivity index (χ2n) is 3.80. The third kappa shape index (κ3) is 3.70. The van der Waals surface area contributed by atoms with E-state index in [1.165, 1.54) is 6.33 Å². The number of anilines is 1. The van der Waals surface area contributed by atoms with Gasteiger partial charge in [-0.15, -0.1) is 0 Å². The molecule has 78 valence electrons. The van der Waals surface area contributed by atoms with Crippen molar-refractivity contribution in [3.63, 3.8) is 0 Å². The van der Waals surface area contributed by atoms with Crippen molar-refractivity contribution in [2.45, 2.75) is 26.3 Å². The zero-order chi connectivity index (χ0) is 10.4. The topological polar surface area (TPSA) is 63.8 Å². The van der Waals surface area contributed by atoms with Crippen molar-refractivity contribution < 1.29 is 0 Å². The molecule has 0 saturated heterocycles. The highest BCUT2D eigenvalue weighted by Gasteiger charge is 2.08. The van der Waals surface area contributed by atoms with Crippen LogP contribution in [-0.4, -0.2) is 22.6 Å². The molecule has 1 unspecified atom stereocenters. The minimum absolute atomic E-state index is 0.296. The molecule has 1 aromatic rings. The summed E-state index contributed by atoms with van der Waals surface area (Å²) in [5, 5.41) is 3.28. The molecule has 14 heavy (non-hydrogen) atoms. The fourth-order valence-electron chi connectivity index (χ4n) is 1.37. The molecule has 0 fully saturated rings. The number of nitrogens with one attached hydrogen (secondary N) is 1. The van der Waals surface area contributed by atoms with Gasteiger partial charge in [-0.05, 0) is 18.4 Å². The minimum Gasteiger partial charge on any atom is -0.366 e. The van der Waals surface area contributed by atoms with Gasteiger partial charge in [0.25, 0.3) is 0 Å². The van der Waals surface area contributed by atoms with Crippen LogP contribution < -0.4 is 11.1 Å². The van der Waals surface area contributed by atoms with Crippen LogP contribution in [0.2, 0.25) is 0 Å². The van der Waals surface area contributed by atoms with Crippen LogP contribution in [0.25, 0.3) is 0 Å². The molecule has 0 spiro atoms. The first-order valence-corrected chi connectivity index (χ1v) is 4.95. The number of rotatable bonds is 5. The van der Waals surface area contributed by atoms with Gasteiger partial charge in [0.15, 0.2) is 0 Å². The predicted octanol–water partition coefficient (Wildman–Crippen LogP) is 1.26. The van der Waals surface area contributed by atoms with E-state index in [0.717, 1.165) is 12.2 Å². The van der Waals surface area contributed by atoms with E-state index in [2.05, 4.69) is 29.1 Å². The fourth-order valence-corrected chi connectivity index (χ4v) is 1.37. The van der Waals surface area contributed by atoms with Gasteiger partial charge in [-0.2, -0.15) is 0 Å². The highest BCUT2D eigenvalue weighted by Crippen LogP contribution is 2.08. The van der Waals surface area contributed by atoms with E-state index in [4.69, 9.17) is 5.73 Å². The van der Waals surface area contributed by atoms with E-state index in [-0.39, 0.29) is 0 Å². The van der Waals surface area contributed by atoms with E-state index < -0.39 is 0 Å². The Kier molecular flexibility index (Phi) is 4.32. The zero-order valence-electron chi connectivity index (χ0n) is 8.77. The quantitative estimate of drug-likeness (QED) is 0.740. The lowest BCUT2D eigenvalue weighted by atomic mass is 10.0. The van der Waals surface area contributed by atoms with Crippen molar-refractivity contribution in [1.29, 1.82) is 0 Å². The number of nitrogens with zero attached hydrogens (tertiary/aromatic N) is 2. The summed E-state index contributed by atoms with van der Waals surface area (Å²) in [7, 11) is 0. The van der Waals surface area contributed by atoms with E-state index >= 15 is 0 Å². The standard InChI is InChI=1S/C10H18N4/c1-8(2)5-9(6-11)14-10-3-4-12-7-13-10/h3-4,7-9H,5-6,11H2,1-2H3,(H,12,13,14). The Morgan fingerprint density at radius 2 is 2.29 bits per heavy atom. The molecule has 0 amide bonds. The molecule has 4 nitrogen and oxygen atoms in total. The number of aromatic nitrogens is 2. The zero-order valence-corrected chi connectivity index (χ0v) is 8.77. The lowest BCUT2D eigenvalue weighted by molar-refractivity contribution is 0.521. The van der Waals surface area contributed by atoms with Crippen molar-refractivity contribution in [2.75, 3.05) is 11.9 Å². The Bertz CT molecular complexity index is 248. The van der Waals surface area contributed by atoms with E-state index in [0.29, 0.717) is 18.5 Å². The lowest BCUT2D eigenvalue weighted by Gasteiger charge is -2.18. The smallest absolute Gasteiger partial charge is 0.129 e. The van der Waals surface area contributed by atoms with Crippen LogP contribution in [-0.2, 0) is 0 Å². The molecule has 3 N–H and O–H groups in total. The summed E-state index contributed by atoms with van der Waals surface area (Å²) in [5.41, 5.74) is 5.66. The summed E-state index contributed by atoms with van der Waals surface area (Å²) in [6, 6.07) is 2.15. The second-order valence-corrected chi connectivity index (χ2v) is 3.80. The maximum atomic E-state index is 5.66. The normalized spacial score (nSPS) is 12.9. The third-order valence-corrected chi connectivity index (χ3v) is 1.97. The Hall–Kier alpha value is -1.16. The summed E-state index contributed by atoms with van der Waals surface area (Å²) >= 11 is 0. The van der Waals surface area contributed by atoms with E-state index in [9.17, 15) is 0 Å². The van der Waals surface area contributed by atoms with Gasteiger partial charge in [0, 0.05) is 18.8 Å². The Morgan fingerprint density at radius 3 is 2.79 bits per heavy atom. The second kappa shape index (κ2) is 5.54. The SMILES string of the molecule is CC(C)CC(CN)Nc1ccncn1. The first-order valence-electron chi connectivity index (χ1n) is 4.95. The molecule has 0 radical (unpaired) electrons. The van der Waals surface area contributed by atoms with E-state index in [1.54, 1.807) is 6.20 Å². The molecule has 0 aromatic carbocycles. The molecule has 1 rings (SSSR count). The first-order chi connectivity index (χ1) is 6.72. The molecule has 0 saturated carbocycles. The number of hydrogen-bond donors (Lipinski definition) is 2. The monoisotopic (exact) mass is 194 g/mol. The Labute approximate surface area is 85.0 Å². The van der Waals surface area contributed by atoms with Crippen molar-refractivity contribution in [1.82, 2.24) is 9.97 Å². The highest BCUT2D eigenvalue weighted by atomic mass is 15.0. The summed E-state index contributed by atoms with van der Waals surface area (Å²) in [4.78, 5) is 7.95. The molecule has 0 aliphatic rings. The number of hydrogen-bond acceptors (Lipinski definition) is 4. The maximum Gasteiger partial charge on any atom is 0.129 e. The van der Waals surface area contributed by atoms with Gasteiger partial charge in [-0.25, -0.2) is 9.97 Å². The Balaban J connectivity index is 2.48. The minimum atomic E-state index is 0.296. The van der Waals surface area contributed by atoms with Crippen LogP contribution in [0.5, 0.6) is 0 Å². The van der Waals surface area contributed by atoms with Crippen LogP contribution >= 0.6 is 0 Å². The van der Waals surface area contributed by atoms with Gasteiger partial charge in [0.1, 0.15) is 12.1 Å². The molecule has 4 heteroatoms. The molecule has 1 aromatic heterocycles. The highest BCUT2D eigenvalue weighted by molar-refractivity contribution is 5.33. The third-order valence-electron chi connectivity index (χ3n) is 1.97. The van der Waals surface area contributed by atoms with Crippen LogP contribution in [0, 0.1) is 5.92 Å². The van der Waals surface area contributed by atoms with Crippen molar-refractivity contribution in [3.8, 4) is 0 Å². The van der Waals surface area contributed by atoms with Crippen LogP contribution in [0.15, 0.2) is 18.6 Å². The molecular weight excluding hydrogens is 176 g/mol. The summed E-state index contributed by atoms with van der Waals surface area (Å²) < 4.78 is 0. The van der Waals surface area contributed by atoms with Crippen LogP contribution in [0.4, 0.5) is 5.82 Å². The number of nitrogens with two attached hydrogens (primary N) is 1. The average molecular weight is 194 g/mol. The van der Waals surface area contributed by atoms with Crippen molar-refractivity contribution in [2.24, 2.45) is 11.7 Å². The van der Waals surface area contributed by atoms with Crippen molar-refractivity contribution >= 4 is 5.82 Å². The summed E-state index contributed by atoms with van der Waals surface area (Å²) in [6.45, 7) is 5.00. The van der Waals surface area contributed by atoms with Gasteiger partial charge >= 0.3 is 0 Å². The fraction of sp³-hybridized carbons (Fsp3) is 0.600. The van der Waals surface area contributed by atoms with Gasteiger partial charge in [-0.1, -0.05) is 13.8 Å². The molecule has 0 bridgehead atoms. The summed E-state index contributed by atoms with van der Waals surface area (Å²) in [5.74, 6) is 1.48. The average Bonchev–Trinajstić information content (AvgIpc) is 2.17. The molecule has 0 aliphatic carbocycles. The molecular formula is C10H18N4. The summed E-state index contributed by atoms with van der Waals surface area (Å²) in [6.07, 6.45) is 4.31. The lowest BCUT2D eigenvalue weighted by Crippen LogP contribution is -2.30. The van der Waals surface area contributed by atoms with Gasteiger partial charge < -0.3 is 11.1 Å². The van der Waals surface area contributed by atoms with Gasteiger partial charge in [0.05, 0.1) is 0 Å². The predicted molar refractivity (Wildman–Crippen MR) is 58.0 cm³/mol. The van der Waals surface area contributed by atoms with Gasteiger partial charge in [-0.3, -0.25) is 0 Å². The van der Waals surface area contributed by atoms with Crippen LogP contribution in [0.1, 0.15) is 20.3 Å². The van der Waals surface area contributed by atoms with Crippen molar-refractivity contribution in [3.05, 3.63) is 18.6 Å². The molecule has 1 atom stereocenters. The first kappa shape index (κ1) is 10.9. The largest absolute Gasteiger partial charge is 0.366 e. The van der Waals surface area contributed by atoms with Crippen LogP contribution in [0.3, 0.4) is 0 Å². The molecule has 1 heterocycles. The maximum absolute atomic E-state index is 5.66. The Morgan fingerprint density at radius 1 is 1.50 bits per heavy atom. The molecule has 0 aliphatic heterocycles.